The Balaban J connectivity index is 1.66. The molecule has 0 saturated heterocycles. The number of hydrogen-bond donors (Lipinski definition) is 4. The Kier molecular flexibility index (Phi) is 4.71. The highest BCUT2D eigenvalue weighted by atomic mass is 16.2. The molecule has 3 amide bonds. The maximum Gasteiger partial charge on any atom is 0.319 e. The van der Waals surface area contributed by atoms with Gasteiger partial charge in [-0.05, 0) is 12.1 Å². The summed E-state index contributed by atoms with van der Waals surface area (Å²) in [4.78, 5) is 29.9. The molecular weight excluding hydrogens is 258 g/mol. The smallest absolute Gasteiger partial charge is 0.319 e. The lowest BCUT2D eigenvalue weighted by Gasteiger charge is -2.07. The van der Waals surface area contributed by atoms with Crippen LogP contribution >= 0.6 is 0 Å². The summed E-state index contributed by atoms with van der Waals surface area (Å²) < 4.78 is 0. The zero-order valence-electron chi connectivity index (χ0n) is 10.7. The minimum Gasteiger partial charge on any atom is -0.347 e. The number of aromatic nitrogens is 2. The summed E-state index contributed by atoms with van der Waals surface area (Å²) in [6.07, 6.45) is 3.28. The lowest BCUT2D eigenvalue weighted by atomic mass is 10.3. The van der Waals surface area contributed by atoms with E-state index in [2.05, 4.69) is 25.9 Å². The van der Waals surface area contributed by atoms with Gasteiger partial charge < -0.3 is 20.9 Å². The van der Waals surface area contributed by atoms with Crippen molar-refractivity contribution in [1.82, 2.24) is 20.6 Å². The SMILES string of the molecule is O=C(CNC(=O)Nc1ccccc1)NCc1ncc[nH]1. The Bertz CT molecular complexity index is 553. The van der Waals surface area contributed by atoms with Gasteiger partial charge in [0, 0.05) is 18.1 Å². The minimum absolute atomic E-state index is 0.0978. The summed E-state index contributed by atoms with van der Waals surface area (Å²) in [5, 5.41) is 7.72. The van der Waals surface area contributed by atoms with Crippen LogP contribution in [0, 0.1) is 0 Å². The minimum atomic E-state index is -0.427. The number of benzene rings is 1. The number of para-hydroxylation sites is 1. The Labute approximate surface area is 115 Å². The molecule has 1 aromatic heterocycles. The molecule has 0 aliphatic heterocycles. The van der Waals surface area contributed by atoms with E-state index >= 15 is 0 Å². The molecule has 0 aliphatic carbocycles. The number of H-pyrrole nitrogens is 1. The molecule has 0 fully saturated rings. The van der Waals surface area contributed by atoms with Crippen molar-refractivity contribution >= 4 is 17.6 Å². The van der Waals surface area contributed by atoms with Crippen LogP contribution in [-0.4, -0.2) is 28.5 Å². The molecule has 7 nitrogen and oxygen atoms in total. The normalized spacial score (nSPS) is 9.80. The number of nitrogens with zero attached hydrogens (tertiary/aromatic N) is 1. The molecule has 0 saturated carbocycles. The third kappa shape index (κ3) is 4.45. The van der Waals surface area contributed by atoms with E-state index in [1.807, 2.05) is 18.2 Å². The van der Waals surface area contributed by atoms with Crippen LogP contribution in [0.15, 0.2) is 42.7 Å². The van der Waals surface area contributed by atoms with Gasteiger partial charge in [0.25, 0.3) is 0 Å². The molecule has 7 heteroatoms. The molecule has 2 rings (SSSR count). The molecule has 1 heterocycles. The number of anilines is 1. The van der Waals surface area contributed by atoms with Crippen molar-refractivity contribution in [3.8, 4) is 0 Å². The summed E-state index contributed by atoms with van der Waals surface area (Å²) in [7, 11) is 0. The van der Waals surface area contributed by atoms with Gasteiger partial charge in [0.15, 0.2) is 0 Å². The molecule has 0 atom stereocenters. The van der Waals surface area contributed by atoms with Crippen LogP contribution in [0.25, 0.3) is 0 Å². The average Bonchev–Trinajstić information content (AvgIpc) is 2.97. The molecule has 0 aliphatic rings. The number of carbonyl (C=O) groups is 2. The van der Waals surface area contributed by atoms with E-state index < -0.39 is 6.03 Å². The Morgan fingerprint density at radius 2 is 1.95 bits per heavy atom. The molecule has 2 aromatic rings. The van der Waals surface area contributed by atoms with Crippen LogP contribution in [0.1, 0.15) is 5.82 Å². The molecule has 1 aromatic carbocycles. The monoisotopic (exact) mass is 273 g/mol. The highest BCUT2D eigenvalue weighted by Crippen LogP contribution is 2.03. The number of imidazole rings is 1. The van der Waals surface area contributed by atoms with Crippen molar-refractivity contribution in [3.05, 3.63) is 48.5 Å². The summed E-state index contributed by atoms with van der Waals surface area (Å²) >= 11 is 0. The van der Waals surface area contributed by atoms with Gasteiger partial charge in [0.1, 0.15) is 5.82 Å². The summed E-state index contributed by atoms with van der Waals surface area (Å²) in [6, 6.07) is 8.57. The van der Waals surface area contributed by atoms with Gasteiger partial charge in [-0.2, -0.15) is 0 Å². The van der Waals surface area contributed by atoms with Gasteiger partial charge in [-0.1, -0.05) is 18.2 Å². The predicted octanol–water partition coefficient (Wildman–Crippen LogP) is 0.848. The first-order chi connectivity index (χ1) is 9.74. The molecule has 0 spiro atoms. The Morgan fingerprint density at radius 1 is 1.15 bits per heavy atom. The summed E-state index contributed by atoms with van der Waals surface area (Å²) in [5.41, 5.74) is 0.668. The topological polar surface area (TPSA) is 98.9 Å². The van der Waals surface area contributed by atoms with Crippen molar-refractivity contribution in [2.45, 2.75) is 6.54 Å². The second-order valence-electron chi connectivity index (χ2n) is 3.99. The van der Waals surface area contributed by atoms with Crippen LogP contribution in [0.5, 0.6) is 0 Å². The standard InChI is InChI=1S/C13H15N5O2/c19-12(16-8-11-14-6-7-15-11)9-17-13(20)18-10-4-2-1-3-5-10/h1-7H,8-9H2,(H,14,15)(H,16,19)(H2,17,18,20). The maximum absolute atomic E-state index is 11.5. The fourth-order valence-electron chi connectivity index (χ4n) is 1.50. The van der Waals surface area contributed by atoms with Gasteiger partial charge in [-0.25, -0.2) is 9.78 Å². The van der Waals surface area contributed by atoms with Crippen molar-refractivity contribution in [2.75, 3.05) is 11.9 Å². The number of hydrogen-bond acceptors (Lipinski definition) is 3. The van der Waals surface area contributed by atoms with Gasteiger partial charge >= 0.3 is 6.03 Å². The van der Waals surface area contributed by atoms with Crippen molar-refractivity contribution in [2.24, 2.45) is 0 Å². The van der Waals surface area contributed by atoms with Crippen molar-refractivity contribution in [3.63, 3.8) is 0 Å². The lowest BCUT2D eigenvalue weighted by Crippen LogP contribution is -2.38. The van der Waals surface area contributed by atoms with E-state index in [0.717, 1.165) is 0 Å². The molecule has 0 unspecified atom stereocenters. The molecule has 0 radical (unpaired) electrons. The maximum atomic E-state index is 11.5. The zero-order valence-corrected chi connectivity index (χ0v) is 10.7. The number of nitrogens with one attached hydrogen (secondary N) is 4. The van der Waals surface area contributed by atoms with E-state index in [4.69, 9.17) is 0 Å². The first-order valence-corrected chi connectivity index (χ1v) is 6.09. The largest absolute Gasteiger partial charge is 0.347 e. The highest BCUT2D eigenvalue weighted by Gasteiger charge is 2.05. The van der Waals surface area contributed by atoms with Gasteiger partial charge in [-0.3, -0.25) is 4.79 Å². The molecule has 4 N–H and O–H groups in total. The highest BCUT2D eigenvalue weighted by molar-refractivity contribution is 5.92. The van der Waals surface area contributed by atoms with E-state index in [0.29, 0.717) is 18.1 Å². The number of rotatable bonds is 5. The van der Waals surface area contributed by atoms with Gasteiger partial charge in [0.05, 0.1) is 13.1 Å². The van der Waals surface area contributed by atoms with E-state index in [1.165, 1.54) is 0 Å². The van der Waals surface area contributed by atoms with Crippen LogP contribution in [0.3, 0.4) is 0 Å². The zero-order chi connectivity index (χ0) is 14.2. The number of amides is 3. The van der Waals surface area contributed by atoms with Crippen molar-refractivity contribution < 1.29 is 9.59 Å². The third-order valence-corrected chi connectivity index (χ3v) is 2.45. The molecule has 104 valence electrons. The first-order valence-electron chi connectivity index (χ1n) is 6.09. The van der Waals surface area contributed by atoms with Crippen LogP contribution in [-0.2, 0) is 11.3 Å². The van der Waals surface area contributed by atoms with Gasteiger partial charge in [-0.15, -0.1) is 0 Å². The van der Waals surface area contributed by atoms with Crippen LogP contribution in [0.2, 0.25) is 0 Å². The first kappa shape index (κ1) is 13.6. The van der Waals surface area contributed by atoms with Crippen LogP contribution in [0.4, 0.5) is 10.5 Å². The van der Waals surface area contributed by atoms with E-state index in [1.54, 1.807) is 24.5 Å². The fourth-order valence-corrected chi connectivity index (χ4v) is 1.50. The Morgan fingerprint density at radius 3 is 2.65 bits per heavy atom. The predicted molar refractivity (Wildman–Crippen MR) is 73.9 cm³/mol. The summed E-state index contributed by atoms with van der Waals surface area (Å²) in [6.45, 7) is 0.202. The second-order valence-corrected chi connectivity index (χ2v) is 3.99. The molecular formula is C13H15N5O2. The lowest BCUT2D eigenvalue weighted by molar-refractivity contribution is -0.120. The second kappa shape index (κ2) is 6.93. The van der Waals surface area contributed by atoms with E-state index in [9.17, 15) is 9.59 Å². The quantitative estimate of drug-likeness (QED) is 0.650. The van der Waals surface area contributed by atoms with Crippen LogP contribution < -0.4 is 16.0 Å². The molecule has 0 bridgehead atoms. The third-order valence-electron chi connectivity index (χ3n) is 2.45. The number of aromatic amines is 1. The summed E-state index contributed by atoms with van der Waals surface area (Å²) in [5.74, 6) is 0.372. The average molecular weight is 273 g/mol. The number of urea groups is 1. The van der Waals surface area contributed by atoms with Gasteiger partial charge in [0.2, 0.25) is 5.91 Å². The number of carbonyl (C=O) groups excluding carboxylic acids is 2. The van der Waals surface area contributed by atoms with Crippen molar-refractivity contribution in [1.29, 1.82) is 0 Å². The Hall–Kier alpha value is -2.83. The molecule has 20 heavy (non-hydrogen) atoms. The van der Waals surface area contributed by atoms with E-state index in [-0.39, 0.29) is 12.5 Å². The fraction of sp³-hybridized carbons (Fsp3) is 0.154.